The fourth-order valence-corrected chi connectivity index (χ4v) is 4.40. The number of H-pyrrole nitrogens is 1. The maximum absolute atomic E-state index is 12.7. The van der Waals surface area contributed by atoms with Crippen LogP contribution in [0, 0.1) is 0 Å². The molecule has 0 bridgehead atoms. The number of nitrogens with zero attached hydrogens (tertiary/aromatic N) is 4. The van der Waals surface area contributed by atoms with Gasteiger partial charge in [-0.25, -0.2) is 4.98 Å². The van der Waals surface area contributed by atoms with Gasteiger partial charge >= 0.3 is 0 Å². The summed E-state index contributed by atoms with van der Waals surface area (Å²) in [6.07, 6.45) is 8.04. The predicted molar refractivity (Wildman–Crippen MR) is 99.7 cm³/mol. The van der Waals surface area contributed by atoms with E-state index in [1.54, 1.807) is 23.4 Å². The number of likely N-dealkylation sites (tertiary alicyclic amines) is 1. The zero-order chi connectivity index (χ0) is 19.1. The lowest BCUT2D eigenvalue weighted by Crippen LogP contribution is -2.44. The molecule has 5 rings (SSSR count). The summed E-state index contributed by atoms with van der Waals surface area (Å²) in [5.74, 6) is 0.676. The molecule has 3 aromatic rings. The third-order valence-electron chi connectivity index (χ3n) is 5.96. The van der Waals surface area contributed by atoms with Gasteiger partial charge in [0.25, 0.3) is 11.5 Å². The van der Waals surface area contributed by atoms with E-state index in [2.05, 4.69) is 15.1 Å². The lowest BCUT2D eigenvalue weighted by atomic mass is 9.76. The van der Waals surface area contributed by atoms with Crippen LogP contribution in [0.1, 0.15) is 41.1 Å². The first-order valence-corrected chi connectivity index (χ1v) is 9.40. The van der Waals surface area contributed by atoms with Crippen LogP contribution in [-0.2, 0) is 11.8 Å². The minimum absolute atomic E-state index is 0.0686. The summed E-state index contributed by atoms with van der Waals surface area (Å²) < 4.78 is 5.00. The second-order valence-electron chi connectivity index (χ2n) is 7.43. The summed E-state index contributed by atoms with van der Waals surface area (Å²) in [6, 6.07) is 5.29. The summed E-state index contributed by atoms with van der Waals surface area (Å²) in [4.78, 5) is 38.8. The summed E-state index contributed by atoms with van der Waals surface area (Å²) in [6.45, 7) is 1.21. The summed E-state index contributed by atoms with van der Waals surface area (Å²) >= 11 is 0. The van der Waals surface area contributed by atoms with Crippen LogP contribution in [0.2, 0.25) is 0 Å². The number of carbonyl (C=O) groups excluding carboxylic acids is 1. The Labute approximate surface area is 160 Å². The summed E-state index contributed by atoms with van der Waals surface area (Å²) in [5, 5.41) is 3.61. The zero-order valence-corrected chi connectivity index (χ0v) is 15.2. The normalized spacial score (nSPS) is 17.6. The van der Waals surface area contributed by atoms with Crippen molar-refractivity contribution in [3.8, 4) is 11.4 Å². The number of fused-ring (bicyclic) bond motifs is 2. The molecular formula is C20H19N5O3. The maximum atomic E-state index is 12.7. The molecule has 142 valence electrons. The molecule has 1 spiro atoms. The Morgan fingerprint density at radius 3 is 2.75 bits per heavy atom. The number of piperidine rings is 1. The van der Waals surface area contributed by atoms with Crippen molar-refractivity contribution < 1.29 is 9.32 Å². The Hall–Kier alpha value is -3.29. The van der Waals surface area contributed by atoms with Crippen LogP contribution >= 0.6 is 0 Å². The lowest BCUT2D eigenvalue weighted by Gasteiger charge is -2.39. The van der Waals surface area contributed by atoms with Gasteiger partial charge in [-0.15, -0.1) is 0 Å². The van der Waals surface area contributed by atoms with Gasteiger partial charge < -0.3 is 14.4 Å². The molecule has 0 unspecified atom stereocenters. The minimum atomic E-state index is -0.154. The van der Waals surface area contributed by atoms with Crippen molar-refractivity contribution in [1.82, 2.24) is 25.0 Å². The molecular weight excluding hydrogens is 358 g/mol. The molecule has 1 saturated heterocycles. The first-order chi connectivity index (χ1) is 13.7. The highest BCUT2D eigenvalue weighted by Gasteiger charge is 2.45. The SMILES string of the molecule is O=C(c1ccno1)N1CCC2(CCc3c2nc(-c2cccnc2)[nH]c3=O)CC1. The van der Waals surface area contributed by atoms with E-state index < -0.39 is 0 Å². The number of aromatic nitrogens is 4. The number of amides is 1. The van der Waals surface area contributed by atoms with Crippen LogP contribution in [0.25, 0.3) is 11.4 Å². The number of pyridine rings is 1. The molecule has 8 heteroatoms. The topological polar surface area (TPSA) is 105 Å². The Morgan fingerprint density at radius 2 is 2.04 bits per heavy atom. The number of hydrogen-bond donors (Lipinski definition) is 1. The van der Waals surface area contributed by atoms with Gasteiger partial charge in [0.1, 0.15) is 5.82 Å². The monoisotopic (exact) mass is 377 g/mol. The summed E-state index contributed by atoms with van der Waals surface area (Å²) in [7, 11) is 0. The fourth-order valence-electron chi connectivity index (χ4n) is 4.40. The standard InChI is InChI=1S/C20H19N5O3/c26-18-14-3-5-20(16(14)23-17(24-18)13-2-1-8-21-12-13)6-10-25(11-7-20)19(27)15-4-9-22-28-15/h1-2,4,8-9,12H,3,5-7,10-11H2,(H,23,24,26). The number of carbonyl (C=O) groups is 1. The number of aromatic amines is 1. The van der Waals surface area contributed by atoms with Gasteiger partial charge in [0.05, 0.1) is 11.9 Å². The van der Waals surface area contributed by atoms with Gasteiger partial charge in [0.15, 0.2) is 0 Å². The van der Waals surface area contributed by atoms with E-state index in [-0.39, 0.29) is 22.6 Å². The zero-order valence-electron chi connectivity index (χ0n) is 15.2. The smallest absolute Gasteiger partial charge is 0.292 e. The van der Waals surface area contributed by atoms with Crippen molar-refractivity contribution in [3.63, 3.8) is 0 Å². The highest BCUT2D eigenvalue weighted by atomic mass is 16.5. The quantitative estimate of drug-likeness (QED) is 0.732. The van der Waals surface area contributed by atoms with Crippen molar-refractivity contribution in [2.75, 3.05) is 13.1 Å². The molecule has 8 nitrogen and oxygen atoms in total. The highest BCUT2D eigenvalue weighted by Crippen LogP contribution is 2.44. The maximum Gasteiger partial charge on any atom is 0.292 e. The van der Waals surface area contributed by atoms with E-state index in [0.717, 1.165) is 42.5 Å². The number of rotatable bonds is 2. The third-order valence-corrected chi connectivity index (χ3v) is 5.96. The van der Waals surface area contributed by atoms with Crippen molar-refractivity contribution in [3.05, 3.63) is 64.2 Å². The van der Waals surface area contributed by atoms with Crippen LogP contribution in [0.3, 0.4) is 0 Å². The van der Waals surface area contributed by atoms with Crippen LogP contribution in [-0.4, -0.2) is 44.0 Å². The molecule has 1 fully saturated rings. The van der Waals surface area contributed by atoms with E-state index in [1.165, 1.54) is 6.20 Å². The van der Waals surface area contributed by atoms with E-state index in [1.807, 2.05) is 12.1 Å². The first kappa shape index (κ1) is 16.9. The van der Waals surface area contributed by atoms with Crippen LogP contribution < -0.4 is 5.56 Å². The molecule has 1 N–H and O–H groups in total. The molecule has 4 heterocycles. The van der Waals surface area contributed by atoms with E-state index in [9.17, 15) is 9.59 Å². The van der Waals surface area contributed by atoms with Crippen molar-refractivity contribution in [1.29, 1.82) is 0 Å². The first-order valence-electron chi connectivity index (χ1n) is 9.40. The third kappa shape index (κ3) is 2.64. The van der Waals surface area contributed by atoms with Crippen LogP contribution in [0.4, 0.5) is 0 Å². The van der Waals surface area contributed by atoms with E-state index >= 15 is 0 Å². The Balaban J connectivity index is 1.44. The average Bonchev–Trinajstić information content (AvgIpc) is 3.38. The molecule has 0 aromatic carbocycles. The van der Waals surface area contributed by atoms with Gasteiger partial charge in [0.2, 0.25) is 5.76 Å². The van der Waals surface area contributed by atoms with E-state index in [4.69, 9.17) is 9.51 Å². The molecule has 1 aliphatic heterocycles. The van der Waals surface area contributed by atoms with Crippen LogP contribution in [0.15, 0.2) is 46.1 Å². The molecule has 1 aliphatic carbocycles. The van der Waals surface area contributed by atoms with E-state index in [0.29, 0.717) is 18.9 Å². The fraction of sp³-hybridized carbons (Fsp3) is 0.350. The Morgan fingerprint density at radius 1 is 1.18 bits per heavy atom. The van der Waals surface area contributed by atoms with Crippen molar-refractivity contribution in [2.45, 2.75) is 31.1 Å². The van der Waals surface area contributed by atoms with Crippen LogP contribution in [0.5, 0.6) is 0 Å². The van der Waals surface area contributed by atoms with Gasteiger partial charge in [-0.3, -0.25) is 14.6 Å². The molecule has 1 amide bonds. The highest BCUT2D eigenvalue weighted by molar-refractivity contribution is 5.91. The largest absolute Gasteiger partial charge is 0.351 e. The number of nitrogens with one attached hydrogen (secondary N) is 1. The van der Waals surface area contributed by atoms with Crippen molar-refractivity contribution in [2.24, 2.45) is 0 Å². The molecule has 3 aromatic heterocycles. The molecule has 28 heavy (non-hydrogen) atoms. The molecule has 0 saturated carbocycles. The van der Waals surface area contributed by atoms with Gasteiger partial charge in [-0.1, -0.05) is 5.16 Å². The van der Waals surface area contributed by atoms with Gasteiger partial charge in [-0.2, -0.15) is 0 Å². The lowest BCUT2D eigenvalue weighted by molar-refractivity contribution is 0.0622. The molecule has 2 aliphatic rings. The Bertz CT molecular complexity index is 1070. The summed E-state index contributed by atoms with van der Waals surface area (Å²) in [5.41, 5.74) is 2.24. The average molecular weight is 377 g/mol. The molecule has 0 radical (unpaired) electrons. The second kappa shape index (κ2) is 6.40. The molecule has 0 atom stereocenters. The Kier molecular flexibility index (Phi) is 3.85. The number of hydrogen-bond acceptors (Lipinski definition) is 6. The van der Waals surface area contributed by atoms with Crippen molar-refractivity contribution >= 4 is 5.91 Å². The second-order valence-corrected chi connectivity index (χ2v) is 7.43. The van der Waals surface area contributed by atoms with Gasteiger partial charge in [-0.05, 0) is 37.8 Å². The minimum Gasteiger partial charge on any atom is -0.351 e. The van der Waals surface area contributed by atoms with Gasteiger partial charge in [0, 0.05) is 48.1 Å². The predicted octanol–water partition coefficient (Wildman–Crippen LogP) is 1.94.